The third-order valence-corrected chi connectivity index (χ3v) is 4.86. The van der Waals surface area contributed by atoms with Gasteiger partial charge in [0, 0.05) is 19.4 Å². The quantitative estimate of drug-likeness (QED) is 0.649. The second-order valence-electron chi connectivity index (χ2n) is 6.26. The van der Waals surface area contributed by atoms with Gasteiger partial charge < -0.3 is 10.1 Å². The number of likely N-dealkylation sites (N-methyl/N-ethyl adjacent to an activating group) is 1. The number of hydrogen-bond donors (Lipinski definition) is 1. The summed E-state index contributed by atoms with van der Waals surface area (Å²) in [6, 6.07) is 8.22. The van der Waals surface area contributed by atoms with Gasteiger partial charge in [0.1, 0.15) is 6.29 Å². The molecule has 1 N–H and O–H groups in total. The summed E-state index contributed by atoms with van der Waals surface area (Å²) >= 11 is 0. The van der Waals surface area contributed by atoms with Crippen molar-refractivity contribution in [3.05, 3.63) is 35.4 Å². The summed E-state index contributed by atoms with van der Waals surface area (Å²) in [5.41, 5.74) is 2.25. The minimum Gasteiger partial charge on any atom is -0.359 e. The maximum Gasteiger partial charge on any atom is 0.267 e. The molecule has 1 aromatic rings. The van der Waals surface area contributed by atoms with Gasteiger partial charge in [0.2, 0.25) is 5.91 Å². The predicted molar refractivity (Wildman–Crippen MR) is 91.5 cm³/mol. The first-order valence-electron chi connectivity index (χ1n) is 8.34. The minimum absolute atomic E-state index is 0.0471. The average molecular weight is 310 g/mol. The fourth-order valence-electron chi connectivity index (χ4n) is 3.41. The van der Waals surface area contributed by atoms with Crippen LogP contribution in [0.4, 0.5) is 0 Å². The van der Waals surface area contributed by atoms with Crippen LogP contribution < -0.4 is 5.32 Å². The molecule has 1 aliphatic heterocycles. The van der Waals surface area contributed by atoms with E-state index in [-0.39, 0.29) is 18.5 Å². The van der Waals surface area contributed by atoms with E-state index in [1.54, 1.807) is 7.05 Å². The van der Waals surface area contributed by atoms with Gasteiger partial charge in [-0.05, 0) is 23.5 Å². The van der Waals surface area contributed by atoms with Crippen molar-refractivity contribution >= 4 is 18.9 Å². The zero-order valence-corrected chi connectivity index (χ0v) is 13.6. The molecule has 0 spiro atoms. The Labute approximate surface area is 138 Å². The molecule has 1 amide bonds. The molecule has 1 saturated heterocycles. The van der Waals surface area contributed by atoms with E-state index >= 15 is 0 Å². The van der Waals surface area contributed by atoms with E-state index in [1.165, 1.54) is 5.56 Å². The number of nitrogens with zero attached hydrogens (tertiary/aromatic N) is 1. The lowest BCUT2D eigenvalue weighted by Crippen LogP contribution is -2.26. The van der Waals surface area contributed by atoms with Crippen LogP contribution in [0.3, 0.4) is 0 Å². The molecule has 1 atom stereocenters. The summed E-state index contributed by atoms with van der Waals surface area (Å²) < 4.78 is 0. The average Bonchev–Trinajstić information content (AvgIpc) is 2.62. The van der Waals surface area contributed by atoms with Crippen LogP contribution in [0, 0.1) is 11.2 Å². The number of rotatable bonds is 6. The molecule has 0 saturated carbocycles. The Kier molecular flexibility index (Phi) is 6.40. The largest absolute Gasteiger partial charge is 0.359 e. The number of nitriles is 1. The van der Waals surface area contributed by atoms with Crippen molar-refractivity contribution < 1.29 is 9.59 Å². The second kappa shape index (κ2) is 8.52. The molecule has 4 nitrogen and oxygen atoms in total. The number of aldehydes is 1. The van der Waals surface area contributed by atoms with Crippen LogP contribution in [-0.4, -0.2) is 26.0 Å². The monoisotopic (exact) mass is 310 g/mol. The lowest BCUT2D eigenvalue weighted by Gasteiger charge is -2.24. The van der Waals surface area contributed by atoms with Crippen molar-refractivity contribution in [2.45, 2.75) is 50.2 Å². The predicted octanol–water partition coefficient (Wildman–Crippen LogP) is 2.93. The standard InChI is InChI=1S/C18H23BN2O2/c1-21-18(23)17(3-2-12-22)16-6-4-14(5-7-16)15-8-10-19(13-20)11-9-15/h4-7,12,15,17H,2-3,8-11H2,1H3,(H,21,23). The van der Waals surface area contributed by atoms with E-state index in [4.69, 9.17) is 5.26 Å². The van der Waals surface area contributed by atoms with Crippen molar-refractivity contribution in [1.82, 2.24) is 5.32 Å². The van der Waals surface area contributed by atoms with E-state index in [9.17, 15) is 9.59 Å². The van der Waals surface area contributed by atoms with Gasteiger partial charge in [0.05, 0.1) is 5.92 Å². The summed E-state index contributed by atoms with van der Waals surface area (Å²) in [5, 5.41) is 11.7. The number of nitrogens with one attached hydrogen (secondary N) is 1. The fourth-order valence-corrected chi connectivity index (χ4v) is 3.41. The van der Waals surface area contributed by atoms with E-state index in [0.717, 1.165) is 37.3 Å². The minimum atomic E-state index is -0.270. The molecule has 1 aromatic carbocycles. The first-order valence-corrected chi connectivity index (χ1v) is 8.34. The molecular weight excluding hydrogens is 287 g/mol. The molecule has 5 heteroatoms. The SMILES string of the molecule is CNC(=O)C(CCC=O)c1ccc(C2CCB(C#N)CC2)cc1. The van der Waals surface area contributed by atoms with Gasteiger partial charge in [-0.3, -0.25) is 4.79 Å². The summed E-state index contributed by atoms with van der Waals surface area (Å²) in [6.45, 7) is 0.214. The van der Waals surface area contributed by atoms with Gasteiger partial charge >= 0.3 is 0 Å². The number of hydrogen-bond acceptors (Lipinski definition) is 3. The highest BCUT2D eigenvalue weighted by Crippen LogP contribution is 2.34. The summed E-state index contributed by atoms with van der Waals surface area (Å²) in [7, 11) is 1.62. The first-order chi connectivity index (χ1) is 11.2. The van der Waals surface area contributed by atoms with Crippen molar-refractivity contribution in [2.24, 2.45) is 0 Å². The Morgan fingerprint density at radius 2 is 2.04 bits per heavy atom. The second-order valence-corrected chi connectivity index (χ2v) is 6.26. The molecule has 120 valence electrons. The Morgan fingerprint density at radius 1 is 1.39 bits per heavy atom. The van der Waals surface area contributed by atoms with Crippen molar-refractivity contribution in [2.75, 3.05) is 7.05 Å². The Morgan fingerprint density at radius 3 is 2.57 bits per heavy atom. The summed E-state index contributed by atoms with van der Waals surface area (Å²) in [6.07, 6.45) is 5.85. The smallest absolute Gasteiger partial charge is 0.267 e. The Hall–Kier alpha value is -2.09. The Bertz CT molecular complexity index is 572. The number of benzene rings is 1. The van der Waals surface area contributed by atoms with Crippen LogP contribution >= 0.6 is 0 Å². The zero-order valence-electron chi connectivity index (χ0n) is 13.6. The van der Waals surface area contributed by atoms with Crippen molar-refractivity contribution in [3.8, 4) is 5.97 Å². The third-order valence-electron chi connectivity index (χ3n) is 4.86. The van der Waals surface area contributed by atoms with Crippen LogP contribution in [-0.2, 0) is 9.59 Å². The normalized spacial score (nSPS) is 16.4. The maximum atomic E-state index is 12.0. The van der Waals surface area contributed by atoms with Crippen LogP contribution in [0.5, 0.6) is 0 Å². The molecule has 0 aromatic heterocycles. The van der Waals surface area contributed by atoms with E-state index in [1.807, 2.05) is 12.1 Å². The highest BCUT2D eigenvalue weighted by molar-refractivity contribution is 6.67. The molecule has 23 heavy (non-hydrogen) atoms. The number of carbonyl (C=O) groups is 2. The van der Waals surface area contributed by atoms with Crippen LogP contribution in [0.25, 0.3) is 0 Å². The fraction of sp³-hybridized carbons (Fsp3) is 0.500. The van der Waals surface area contributed by atoms with Gasteiger partial charge in [-0.2, -0.15) is 0 Å². The molecule has 2 rings (SSSR count). The third kappa shape index (κ3) is 4.45. The Balaban J connectivity index is 2.06. The van der Waals surface area contributed by atoms with E-state index < -0.39 is 0 Å². The topological polar surface area (TPSA) is 70.0 Å². The molecule has 1 fully saturated rings. The van der Waals surface area contributed by atoms with Gasteiger partial charge in [0.15, 0.2) is 0 Å². The molecule has 1 aliphatic rings. The molecule has 0 bridgehead atoms. The number of carbonyl (C=O) groups excluding carboxylic acids is 2. The maximum absolute atomic E-state index is 12.0. The number of amides is 1. The van der Waals surface area contributed by atoms with Gasteiger partial charge in [-0.25, -0.2) is 5.26 Å². The van der Waals surface area contributed by atoms with E-state index in [0.29, 0.717) is 18.8 Å². The highest BCUT2D eigenvalue weighted by atomic mass is 16.1. The van der Waals surface area contributed by atoms with E-state index in [2.05, 4.69) is 23.4 Å². The van der Waals surface area contributed by atoms with Gasteiger partial charge in [-0.1, -0.05) is 49.7 Å². The highest BCUT2D eigenvalue weighted by Gasteiger charge is 2.25. The van der Waals surface area contributed by atoms with Crippen molar-refractivity contribution in [1.29, 1.82) is 5.26 Å². The first kappa shape index (κ1) is 17.3. The summed E-state index contributed by atoms with van der Waals surface area (Å²) in [4.78, 5) is 22.6. The lowest BCUT2D eigenvalue weighted by atomic mass is 9.41. The van der Waals surface area contributed by atoms with Crippen LogP contribution in [0.1, 0.15) is 48.6 Å². The van der Waals surface area contributed by atoms with Gasteiger partial charge in [-0.15, -0.1) is 0 Å². The zero-order chi connectivity index (χ0) is 16.7. The molecular formula is C18H23BN2O2. The molecule has 0 aliphatic carbocycles. The van der Waals surface area contributed by atoms with Crippen LogP contribution in [0.2, 0.25) is 12.6 Å². The lowest BCUT2D eigenvalue weighted by molar-refractivity contribution is -0.122. The molecule has 0 radical (unpaired) electrons. The van der Waals surface area contributed by atoms with Crippen LogP contribution in [0.15, 0.2) is 24.3 Å². The summed E-state index contributed by atoms with van der Waals surface area (Å²) in [5.74, 6) is 2.56. The van der Waals surface area contributed by atoms with Crippen molar-refractivity contribution in [3.63, 3.8) is 0 Å². The van der Waals surface area contributed by atoms with Gasteiger partial charge in [0.25, 0.3) is 6.71 Å². The molecule has 1 heterocycles. The molecule has 1 unspecified atom stereocenters.